The molecular formula is C8H9F4N. The third-order valence-corrected chi connectivity index (χ3v) is 1.57. The molecule has 0 aliphatic heterocycles. The quantitative estimate of drug-likeness (QED) is 0.633. The van der Waals surface area contributed by atoms with Gasteiger partial charge in [-0.3, -0.25) is 0 Å². The fraction of sp³-hybridized carbons (Fsp3) is 0.250. The van der Waals surface area contributed by atoms with Gasteiger partial charge in [0.2, 0.25) is 0 Å². The first-order valence-electron chi connectivity index (χ1n) is 3.25. The van der Waals surface area contributed by atoms with Crippen molar-refractivity contribution in [3.8, 4) is 0 Å². The van der Waals surface area contributed by atoms with Crippen LogP contribution >= 0.6 is 0 Å². The molecule has 1 rings (SSSR count). The minimum Gasteiger partial charge on any atom is -0.344 e. The SMILES string of the molecule is Cc1c(F)cccc1C(F)(F)F.N. The Bertz CT molecular complexity index is 293. The van der Waals surface area contributed by atoms with Gasteiger partial charge in [0.05, 0.1) is 5.56 Å². The molecule has 5 heteroatoms. The molecule has 0 bridgehead atoms. The highest BCUT2D eigenvalue weighted by Gasteiger charge is 2.32. The van der Waals surface area contributed by atoms with Crippen LogP contribution in [0.2, 0.25) is 0 Å². The first-order chi connectivity index (χ1) is 5.43. The summed E-state index contributed by atoms with van der Waals surface area (Å²) in [5, 5.41) is 0. The molecule has 0 radical (unpaired) electrons. The van der Waals surface area contributed by atoms with E-state index in [-0.39, 0.29) is 11.7 Å². The van der Waals surface area contributed by atoms with E-state index in [0.29, 0.717) is 0 Å². The van der Waals surface area contributed by atoms with E-state index in [4.69, 9.17) is 0 Å². The summed E-state index contributed by atoms with van der Waals surface area (Å²) >= 11 is 0. The number of hydrogen-bond donors (Lipinski definition) is 1. The van der Waals surface area contributed by atoms with E-state index in [0.717, 1.165) is 25.1 Å². The van der Waals surface area contributed by atoms with Crippen LogP contribution in [0.3, 0.4) is 0 Å². The summed E-state index contributed by atoms with van der Waals surface area (Å²) < 4.78 is 48.8. The van der Waals surface area contributed by atoms with Gasteiger partial charge in [0.15, 0.2) is 0 Å². The summed E-state index contributed by atoms with van der Waals surface area (Å²) in [6.45, 7) is 1.11. The zero-order valence-corrected chi connectivity index (χ0v) is 6.95. The van der Waals surface area contributed by atoms with Crippen LogP contribution in [0.4, 0.5) is 17.6 Å². The second-order valence-electron chi connectivity index (χ2n) is 2.41. The lowest BCUT2D eigenvalue weighted by molar-refractivity contribution is -0.138. The van der Waals surface area contributed by atoms with E-state index in [1.165, 1.54) is 0 Å². The standard InChI is InChI=1S/C8H6F4.H3N/c1-5-6(8(10,11)12)3-2-4-7(5)9;/h2-4H,1H3;1H3. The van der Waals surface area contributed by atoms with Crippen molar-refractivity contribution in [3.05, 3.63) is 35.1 Å². The molecule has 0 aromatic heterocycles. The first kappa shape index (κ1) is 11.9. The van der Waals surface area contributed by atoms with Crippen LogP contribution in [0.15, 0.2) is 18.2 Å². The van der Waals surface area contributed by atoms with Crippen LogP contribution in [0.5, 0.6) is 0 Å². The van der Waals surface area contributed by atoms with Crippen LogP contribution in [0.1, 0.15) is 11.1 Å². The van der Waals surface area contributed by atoms with E-state index in [1.807, 2.05) is 0 Å². The fourth-order valence-electron chi connectivity index (χ4n) is 0.915. The van der Waals surface area contributed by atoms with E-state index in [2.05, 4.69) is 0 Å². The number of hydrogen-bond acceptors (Lipinski definition) is 1. The molecule has 3 N–H and O–H groups in total. The molecule has 0 aliphatic carbocycles. The van der Waals surface area contributed by atoms with Crippen LogP contribution in [0, 0.1) is 12.7 Å². The van der Waals surface area contributed by atoms with Crippen molar-refractivity contribution < 1.29 is 17.6 Å². The van der Waals surface area contributed by atoms with Gasteiger partial charge in [-0.15, -0.1) is 0 Å². The monoisotopic (exact) mass is 195 g/mol. The average molecular weight is 195 g/mol. The maximum Gasteiger partial charge on any atom is 0.416 e. The molecule has 0 aliphatic rings. The highest BCUT2D eigenvalue weighted by Crippen LogP contribution is 2.32. The largest absolute Gasteiger partial charge is 0.416 e. The average Bonchev–Trinajstić information content (AvgIpc) is 1.92. The van der Waals surface area contributed by atoms with Crippen LogP contribution in [0.25, 0.3) is 0 Å². The van der Waals surface area contributed by atoms with Crippen molar-refractivity contribution in [1.82, 2.24) is 6.15 Å². The molecule has 0 spiro atoms. The Balaban J connectivity index is 0.00000144. The van der Waals surface area contributed by atoms with Gasteiger partial charge in [0, 0.05) is 0 Å². The van der Waals surface area contributed by atoms with Gasteiger partial charge < -0.3 is 6.15 Å². The Morgan fingerprint density at radius 3 is 2.08 bits per heavy atom. The Morgan fingerprint density at radius 1 is 1.15 bits per heavy atom. The molecule has 0 fully saturated rings. The van der Waals surface area contributed by atoms with Crippen molar-refractivity contribution in [2.75, 3.05) is 0 Å². The predicted molar refractivity (Wildman–Crippen MR) is 41.2 cm³/mol. The first-order valence-corrected chi connectivity index (χ1v) is 3.25. The molecule has 13 heavy (non-hydrogen) atoms. The topological polar surface area (TPSA) is 35.0 Å². The maximum absolute atomic E-state index is 12.6. The number of alkyl halides is 3. The summed E-state index contributed by atoms with van der Waals surface area (Å²) in [6, 6.07) is 2.91. The Morgan fingerprint density at radius 2 is 1.69 bits per heavy atom. The Hall–Kier alpha value is -1.10. The van der Waals surface area contributed by atoms with Gasteiger partial charge in [-0.2, -0.15) is 13.2 Å². The van der Waals surface area contributed by atoms with E-state index < -0.39 is 17.6 Å². The van der Waals surface area contributed by atoms with Crippen molar-refractivity contribution in [3.63, 3.8) is 0 Å². The van der Waals surface area contributed by atoms with Crippen molar-refractivity contribution >= 4 is 0 Å². The number of rotatable bonds is 0. The highest BCUT2D eigenvalue weighted by atomic mass is 19.4. The number of benzene rings is 1. The molecule has 0 unspecified atom stereocenters. The summed E-state index contributed by atoms with van der Waals surface area (Å²) in [7, 11) is 0. The molecule has 74 valence electrons. The summed E-state index contributed by atoms with van der Waals surface area (Å²) in [4.78, 5) is 0. The molecule has 1 nitrogen and oxygen atoms in total. The van der Waals surface area contributed by atoms with Gasteiger partial charge in [-0.05, 0) is 24.6 Å². The third-order valence-electron chi connectivity index (χ3n) is 1.57. The predicted octanol–water partition coefficient (Wildman–Crippen LogP) is 3.31. The van der Waals surface area contributed by atoms with Crippen molar-refractivity contribution in [2.24, 2.45) is 0 Å². The maximum atomic E-state index is 12.6. The van der Waals surface area contributed by atoms with Crippen LogP contribution in [-0.4, -0.2) is 0 Å². The smallest absolute Gasteiger partial charge is 0.344 e. The molecule has 1 aromatic carbocycles. The van der Waals surface area contributed by atoms with Crippen LogP contribution < -0.4 is 6.15 Å². The van der Waals surface area contributed by atoms with Crippen molar-refractivity contribution in [2.45, 2.75) is 13.1 Å². The molecule has 0 amide bonds. The minimum absolute atomic E-state index is 0. The third kappa shape index (κ3) is 2.42. The molecule has 0 heterocycles. The second kappa shape index (κ2) is 3.74. The fourth-order valence-corrected chi connectivity index (χ4v) is 0.915. The van der Waals surface area contributed by atoms with Gasteiger partial charge >= 0.3 is 6.18 Å². The van der Waals surface area contributed by atoms with E-state index in [1.54, 1.807) is 0 Å². The van der Waals surface area contributed by atoms with Gasteiger partial charge in [-0.25, -0.2) is 4.39 Å². The lowest BCUT2D eigenvalue weighted by atomic mass is 10.1. The minimum atomic E-state index is -4.47. The normalized spacial score (nSPS) is 10.8. The Kier molecular flexibility index (Phi) is 3.42. The summed E-state index contributed by atoms with van der Waals surface area (Å²) in [5.41, 5.74) is -1.27. The lowest BCUT2D eigenvalue weighted by Gasteiger charge is -2.09. The molecular weight excluding hydrogens is 186 g/mol. The van der Waals surface area contributed by atoms with Crippen LogP contribution in [-0.2, 0) is 6.18 Å². The zero-order valence-electron chi connectivity index (χ0n) is 6.95. The van der Waals surface area contributed by atoms with E-state index in [9.17, 15) is 17.6 Å². The number of halogens is 4. The summed E-state index contributed by atoms with van der Waals surface area (Å²) in [5.74, 6) is -0.829. The molecule has 1 aromatic rings. The second-order valence-corrected chi connectivity index (χ2v) is 2.41. The molecule has 0 saturated carbocycles. The Labute approximate surface area is 73.0 Å². The van der Waals surface area contributed by atoms with Gasteiger partial charge in [0.1, 0.15) is 5.82 Å². The molecule has 0 saturated heterocycles. The molecule has 0 atom stereocenters. The van der Waals surface area contributed by atoms with Gasteiger partial charge in [0.25, 0.3) is 0 Å². The van der Waals surface area contributed by atoms with E-state index >= 15 is 0 Å². The summed E-state index contributed by atoms with van der Waals surface area (Å²) in [6.07, 6.45) is -4.47. The highest BCUT2D eigenvalue weighted by molar-refractivity contribution is 5.29. The van der Waals surface area contributed by atoms with Gasteiger partial charge in [-0.1, -0.05) is 6.07 Å². The lowest BCUT2D eigenvalue weighted by Crippen LogP contribution is -2.08. The zero-order chi connectivity index (χ0) is 9.35. The van der Waals surface area contributed by atoms with Crippen molar-refractivity contribution in [1.29, 1.82) is 0 Å².